The van der Waals surface area contributed by atoms with Crippen molar-refractivity contribution in [1.29, 1.82) is 0 Å². The maximum Gasteiger partial charge on any atom is 0.325 e. The third-order valence-electron chi connectivity index (χ3n) is 2.95. The molecule has 0 saturated heterocycles. The molecule has 122 valence electrons. The normalized spacial score (nSPS) is 11.9. The van der Waals surface area contributed by atoms with E-state index in [4.69, 9.17) is 14.6 Å². The third-order valence-corrected chi connectivity index (χ3v) is 2.95. The largest absolute Gasteiger partial charge is 0.497 e. The molecule has 1 amide bonds. The Morgan fingerprint density at radius 2 is 2.05 bits per heavy atom. The summed E-state index contributed by atoms with van der Waals surface area (Å²) in [4.78, 5) is 24.9. The molecule has 1 atom stereocenters. The molecule has 0 heterocycles. The lowest BCUT2D eigenvalue weighted by Gasteiger charge is -2.16. The fourth-order valence-corrected chi connectivity index (χ4v) is 1.61. The van der Waals surface area contributed by atoms with Crippen LogP contribution >= 0.6 is 0 Å². The number of carbonyl (C=O) groups is 2. The number of ether oxygens (including phenoxy) is 2. The molecule has 0 spiro atoms. The minimum atomic E-state index is -1.10. The standard InChI is InChI=1S/C15H22N2O5/c1-10(15(19)20)16-14(18)12-6-5-11(21-4)9-13(12)22-8-7-17(2)3/h5-6,9-10H,7-8H2,1-4H3,(H,16,18)(H,19,20). The summed E-state index contributed by atoms with van der Waals surface area (Å²) in [5.41, 5.74) is 0.271. The zero-order valence-electron chi connectivity index (χ0n) is 13.3. The van der Waals surface area contributed by atoms with E-state index in [1.54, 1.807) is 18.2 Å². The summed E-state index contributed by atoms with van der Waals surface area (Å²) in [6.07, 6.45) is 0. The number of hydrogen-bond donors (Lipinski definition) is 2. The Hall–Kier alpha value is -2.28. The zero-order chi connectivity index (χ0) is 16.7. The molecule has 0 radical (unpaired) electrons. The zero-order valence-corrected chi connectivity index (χ0v) is 13.3. The third kappa shape index (κ3) is 5.25. The molecule has 7 nitrogen and oxygen atoms in total. The predicted octanol–water partition coefficient (Wildman–Crippen LogP) is 0.839. The van der Waals surface area contributed by atoms with Crippen LogP contribution < -0.4 is 14.8 Å². The highest BCUT2D eigenvalue weighted by Gasteiger charge is 2.19. The van der Waals surface area contributed by atoms with Gasteiger partial charge in [0.05, 0.1) is 12.7 Å². The molecule has 0 aliphatic carbocycles. The van der Waals surface area contributed by atoms with Gasteiger partial charge in [0.2, 0.25) is 0 Å². The Labute approximate surface area is 129 Å². The molecule has 0 aliphatic heterocycles. The van der Waals surface area contributed by atoms with Crippen LogP contribution in [0.25, 0.3) is 0 Å². The molecule has 2 N–H and O–H groups in total. The summed E-state index contributed by atoms with van der Waals surface area (Å²) < 4.78 is 10.7. The van der Waals surface area contributed by atoms with Crippen molar-refractivity contribution < 1.29 is 24.2 Å². The molecule has 0 bridgehead atoms. The van der Waals surface area contributed by atoms with Gasteiger partial charge in [-0.2, -0.15) is 0 Å². The van der Waals surface area contributed by atoms with Crippen molar-refractivity contribution in [2.24, 2.45) is 0 Å². The first-order valence-corrected chi connectivity index (χ1v) is 6.84. The van der Waals surface area contributed by atoms with Crippen molar-refractivity contribution in [1.82, 2.24) is 10.2 Å². The van der Waals surface area contributed by atoms with Gasteiger partial charge in [-0.3, -0.25) is 9.59 Å². The fourth-order valence-electron chi connectivity index (χ4n) is 1.61. The van der Waals surface area contributed by atoms with Gasteiger partial charge in [0.15, 0.2) is 0 Å². The molecule has 1 aromatic rings. The lowest BCUT2D eigenvalue weighted by Crippen LogP contribution is -2.38. The van der Waals surface area contributed by atoms with E-state index in [1.807, 2.05) is 19.0 Å². The summed E-state index contributed by atoms with van der Waals surface area (Å²) in [5, 5.41) is 11.3. The van der Waals surface area contributed by atoms with Crippen LogP contribution in [-0.2, 0) is 4.79 Å². The quantitative estimate of drug-likeness (QED) is 0.740. The summed E-state index contributed by atoms with van der Waals surface area (Å²) in [5.74, 6) is -0.687. The first-order chi connectivity index (χ1) is 10.3. The second-order valence-electron chi connectivity index (χ2n) is 5.05. The average Bonchev–Trinajstić information content (AvgIpc) is 2.46. The van der Waals surface area contributed by atoms with Crippen LogP contribution in [0.15, 0.2) is 18.2 Å². The van der Waals surface area contributed by atoms with Crippen LogP contribution in [0.3, 0.4) is 0 Å². The van der Waals surface area contributed by atoms with E-state index in [0.29, 0.717) is 24.7 Å². The Morgan fingerprint density at radius 1 is 1.36 bits per heavy atom. The lowest BCUT2D eigenvalue weighted by atomic mass is 10.1. The predicted molar refractivity (Wildman–Crippen MR) is 81.6 cm³/mol. The number of nitrogens with zero attached hydrogens (tertiary/aromatic N) is 1. The molecular formula is C15H22N2O5. The maximum absolute atomic E-state index is 12.2. The summed E-state index contributed by atoms with van der Waals surface area (Å²) in [6.45, 7) is 2.48. The van der Waals surface area contributed by atoms with Crippen molar-refractivity contribution in [3.63, 3.8) is 0 Å². The van der Waals surface area contributed by atoms with Crippen molar-refractivity contribution in [2.45, 2.75) is 13.0 Å². The number of methoxy groups -OCH3 is 1. The summed E-state index contributed by atoms with van der Waals surface area (Å²) in [6, 6.07) is 3.80. The molecular weight excluding hydrogens is 288 g/mol. The number of nitrogens with one attached hydrogen (secondary N) is 1. The molecule has 1 unspecified atom stereocenters. The van der Waals surface area contributed by atoms with Crippen LogP contribution in [-0.4, -0.2) is 62.3 Å². The van der Waals surface area contributed by atoms with Gasteiger partial charge in [-0.25, -0.2) is 0 Å². The Bertz CT molecular complexity index is 531. The van der Waals surface area contributed by atoms with E-state index in [2.05, 4.69) is 5.32 Å². The highest BCUT2D eigenvalue weighted by Crippen LogP contribution is 2.25. The topological polar surface area (TPSA) is 88.1 Å². The average molecular weight is 310 g/mol. The highest BCUT2D eigenvalue weighted by molar-refractivity contribution is 5.99. The number of carboxylic acid groups (broad SMARTS) is 1. The lowest BCUT2D eigenvalue weighted by molar-refractivity contribution is -0.138. The van der Waals surface area contributed by atoms with Gasteiger partial charge in [-0.05, 0) is 33.2 Å². The number of likely N-dealkylation sites (N-methyl/N-ethyl adjacent to an activating group) is 1. The second-order valence-corrected chi connectivity index (χ2v) is 5.05. The number of aliphatic carboxylic acids is 1. The second kappa shape index (κ2) is 8.23. The molecule has 0 aliphatic rings. The van der Waals surface area contributed by atoms with E-state index in [1.165, 1.54) is 14.0 Å². The highest BCUT2D eigenvalue weighted by atomic mass is 16.5. The molecule has 22 heavy (non-hydrogen) atoms. The smallest absolute Gasteiger partial charge is 0.325 e. The fraction of sp³-hybridized carbons (Fsp3) is 0.467. The van der Waals surface area contributed by atoms with Gasteiger partial charge in [0.25, 0.3) is 5.91 Å². The van der Waals surface area contributed by atoms with Crippen LogP contribution in [0.5, 0.6) is 11.5 Å². The number of carbonyl (C=O) groups excluding carboxylic acids is 1. The number of carboxylic acids is 1. The van der Waals surface area contributed by atoms with Gasteiger partial charge < -0.3 is 24.8 Å². The number of amides is 1. The van der Waals surface area contributed by atoms with Crippen molar-refractivity contribution in [3.05, 3.63) is 23.8 Å². The van der Waals surface area contributed by atoms with Crippen LogP contribution in [0.1, 0.15) is 17.3 Å². The number of rotatable bonds is 8. The van der Waals surface area contributed by atoms with E-state index in [-0.39, 0.29) is 5.56 Å². The Balaban J connectivity index is 2.91. The SMILES string of the molecule is COc1ccc(C(=O)NC(C)C(=O)O)c(OCCN(C)C)c1. The minimum absolute atomic E-state index is 0.271. The van der Waals surface area contributed by atoms with Gasteiger partial charge in [-0.15, -0.1) is 0 Å². The molecule has 0 saturated carbocycles. The van der Waals surface area contributed by atoms with E-state index >= 15 is 0 Å². The van der Waals surface area contributed by atoms with Gasteiger partial charge in [0.1, 0.15) is 24.1 Å². The van der Waals surface area contributed by atoms with Crippen molar-refractivity contribution in [3.8, 4) is 11.5 Å². The van der Waals surface area contributed by atoms with Crippen molar-refractivity contribution >= 4 is 11.9 Å². The summed E-state index contributed by atoms with van der Waals surface area (Å²) >= 11 is 0. The first-order valence-electron chi connectivity index (χ1n) is 6.84. The molecule has 0 aromatic heterocycles. The molecule has 1 rings (SSSR count). The van der Waals surface area contributed by atoms with Crippen molar-refractivity contribution in [2.75, 3.05) is 34.4 Å². The monoisotopic (exact) mass is 310 g/mol. The molecule has 1 aromatic carbocycles. The number of hydrogen-bond acceptors (Lipinski definition) is 5. The Kier molecular flexibility index (Phi) is 6.65. The maximum atomic E-state index is 12.2. The number of benzene rings is 1. The van der Waals surface area contributed by atoms with E-state index in [9.17, 15) is 9.59 Å². The van der Waals surface area contributed by atoms with Crippen LogP contribution in [0, 0.1) is 0 Å². The first kappa shape index (κ1) is 17.8. The Morgan fingerprint density at radius 3 is 2.59 bits per heavy atom. The van der Waals surface area contributed by atoms with E-state index in [0.717, 1.165) is 0 Å². The van der Waals surface area contributed by atoms with Crippen LogP contribution in [0.2, 0.25) is 0 Å². The van der Waals surface area contributed by atoms with Gasteiger partial charge in [0, 0.05) is 12.6 Å². The van der Waals surface area contributed by atoms with Gasteiger partial charge >= 0.3 is 5.97 Å². The van der Waals surface area contributed by atoms with E-state index < -0.39 is 17.9 Å². The minimum Gasteiger partial charge on any atom is -0.497 e. The van der Waals surface area contributed by atoms with Crippen LogP contribution in [0.4, 0.5) is 0 Å². The molecule has 7 heteroatoms. The molecule has 0 fully saturated rings. The van der Waals surface area contributed by atoms with Gasteiger partial charge in [-0.1, -0.05) is 0 Å². The summed E-state index contributed by atoms with van der Waals surface area (Å²) in [7, 11) is 5.35.